The summed E-state index contributed by atoms with van der Waals surface area (Å²) in [5.74, 6) is 0.715. The van der Waals surface area contributed by atoms with E-state index in [1.807, 2.05) is 13.0 Å². The number of hydrogen-bond acceptors (Lipinski definition) is 4. The van der Waals surface area contributed by atoms with E-state index in [0.29, 0.717) is 30.0 Å². The van der Waals surface area contributed by atoms with Crippen LogP contribution in [0, 0.1) is 0 Å². The van der Waals surface area contributed by atoms with Gasteiger partial charge in [0.25, 0.3) is 0 Å². The Kier molecular flexibility index (Phi) is 4.67. The molecule has 2 heterocycles. The van der Waals surface area contributed by atoms with Crippen molar-refractivity contribution in [3.05, 3.63) is 45.5 Å². The minimum atomic E-state index is 0.291. The lowest BCUT2D eigenvalue weighted by Crippen LogP contribution is -2.34. The summed E-state index contributed by atoms with van der Waals surface area (Å²) < 4.78 is 0. The quantitative estimate of drug-likeness (QED) is 0.713. The van der Waals surface area contributed by atoms with E-state index >= 15 is 0 Å². The minimum absolute atomic E-state index is 0.291. The summed E-state index contributed by atoms with van der Waals surface area (Å²) in [6, 6.07) is 4.18. The minimum Gasteiger partial charge on any atom is -0.507 e. The van der Waals surface area contributed by atoms with Crippen molar-refractivity contribution in [2.45, 2.75) is 58.8 Å². The summed E-state index contributed by atoms with van der Waals surface area (Å²) in [4.78, 5) is 2.44. The Bertz CT molecular complexity index is 887. The molecule has 0 saturated heterocycles. The summed E-state index contributed by atoms with van der Waals surface area (Å²) in [6.45, 7) is 6.29. The Labute approximate surface area is 161 Å². The molecule has 4 heteroatoms. The van der Waals surface area contributed by atoms with Crippen molar-refractivity contribution in [3.63, 3.8) is 0 Å². The molecule has 0 saturated carbocycles. The molecule has 0 unspecified atom stereocenters. The summed E-state index contributed by atoms with van der Waals surface area (Å²) in [5, 5.41) is 21.8. The molecule has 0 radical (unpaired) electrons. The van der Waals surface area contributed by atoms with E-state index < -0.39 is 0 Å². The first-order valence-corrected chi connectivity index (χ1v) is 10.3. The number of rotatable bonds is 4. The number of benzene rings is 2. The van der Waals surface area contributed by atoms with Crippen LogP contribution in [-0.2, 0) is 32.1 Å². The van der Waals surface area contributed by atoms with Gasteiger partial charge in [-0.1, -0.05) is 13.8 Å². The second-order valence-corrected chi connectivity index (χ2v) is 7.88. The number of anilines is 2. The van der Waals surface area contributed by atoms with Gasteiger partial charge in [-0.25, -0.2) is 0 Å². The van der Waals surface area contributed by atoms with Gasteiger partial charge in [0, 0.05) is 42.0 Å². The molecular weight excluding hydrogens is 336 g/mol. The van der Waals surface area contributed by atoms with Crippen molar-refractivity contribution in [2.75, 3.05) is 23.7 Å². The van der Waals surface area contributed by atoms with Crippen LogP contribution in [0.4, 0.5) is 11.4 Å². The fourth-order valence-electron chi connectivity index (χ4n) is 4.91. The molecule has 0 atom stereocenters. The Balaban J connectivity index is 1.80. The SMILES string of the molecule is CCc1cc(Cc2cc3c4c(c2O)CCCN4CCC3)c(O)c(CC)c1N. The summed E-state index contributed by atoms with van der Waals surface area (Å²) in [6.07, 6.45) is 6.35. The molecule has 4 nitrogen and oxygen atoms in total. The van der Waals surface area contributed by atoms with Gasteiger partial charge < -0.3 is 20.8 Å². The fraction of sp³-hybridized carbons (Fsp3) is 0.478. The molecule has 0 aromatic heterocycles. The molecule has 0 amide bonds. The number of hydrogen-bond donors (Lipinski definition) is 3. The average Bonchev–Trinajstić information content (AvgIpc) is 2.68. The van der Waals surface area contributed by atoms with Gasteiger partial charge in [0.1, 0.15) is 11.5 Å². The van der Waals surface area contributed by atoms with E-state index in [4.69, 9.17) is 5.73 Å². The first kappa shape index (κ1) is 18.0. The van der Waals surface area contributed by atoms with Crippen LogP contribution >= 0.6 is 0 Å². The van der Waals surface area contributed by atoms with Crippen molar-refractivity contribution >= 4 is 11.4 Å². The van der Waals surface area contributed by atoms with E-state index in [1.165, 1.54) is 17.7 Å². The maximum Gasteiger partial charge on any atom is 0.124 e. The average molecular weight is 367 g/mol. The second kappa shape index (κ2) is 6.99. The Morgan fingerprint density at radius 3 is 2.33 bits per heavy atom. The van der Waals surface area contributed by atoms with E-state index in [0.717, 1.165) is 66.6 Å². The zero-order chi connectivity index (χ0) is 19.1. The molecule has 4 rings (SSSR count). The lowest BCUT2D eigenvalue weighted by molar-refractivity contribution is 0.452. The first-order chi connectivity index (χ1) is 13.0. The lowest BCUT2D eigenvalue weighted by atomic mass is 9.86. The van der Waals surface area contributed by atoms with Crippen molar-refractivity contribution in [1.82, 2.24) is 0 Å². The van der Waals surface area contributed by atoms with Crippen LogP contribution in [0.25, 0.3) is 0 Å². The molecule has 4 N–H and O–H groups in total. The Morgan fingerprint density at radius 1 is 0.926 bits per heavy atom. The van der Waals surface area contributed by atoms with Crippen LogP contribution in [0.3, 0.4) is 0 Å². The van der Waals surface area contributed by atoms with Crippen molar-refractivity contribution < 1.29 is 10.2 Å². The maximum absolute atomic E-state index is 11.0. The number of nitrogens with zero attached hydrogens (tertiary/aromatic N) is 1. The molecular formula is C23H30N2O2. The number of aromatic hydroxyl groups is 2. The van der Waals surface area contributed by atoms with Crippen molar-refractivity contribution in [3.8, 4) is 11.5 Å². The number of aryl methyl sites for hydroxylation is 2. The third-order valence-electron chi connectivity index (χ3n) is 6.30. The van der Waals surface area contributed by atoms with Gasteiger partial charge in [-0.15, -0.1) is 0 Å². The smallest absolute Gasteiger partial charge is 0.124 e. The standard InChI is InChI=1S/C23H30N2O2/c1-3-14-11-16(22(26)18(4-2)20(14)24)13-17-12-15-7-5-9-25-10-6-8-19(21(15)25)23(17)27/h11-12,26-27H,3-10,13,24H2,1-2H3. The lowest BCUT2D eigenvalue weighted by Gasteiger charge is -2.37. The Morgan fingerprint density at radius 2 is 1.63 bits per heavy atom. The molecule has 27 heavy (non-hydrogen) atoms. The van der Waals surface area contributed by atoms with E-state index in [9.17, 15) is 10.2 Å². The highest BCUT2D eigenvalue weighted by molar-refractivity contribution is 5.70. The number of nitrogen functional groups attached to an aromatic ring is 1. The van der Waals surface area contributed by atoms with Gasteiger partial charge in [0.15, 0.2) is 0 Å². The second-order valence-electron chi connectivity index (χ2n) is 7.88. The van der Waals surface area contributed by atoms with Gasteiger partial charge in [0.05, 0.1) is 0 Å². The van der Waals surface area contributed by atoms with Gasteiger partial charge in [-0.05, 0) is 72.9 Å². The number of phenolic OH excluding ortho intramolecular Hbond substituents is 2. The third-order valence-corrected chi connectivity index (χ3v) is 6.30. The van der Waals surface area contributed by atoms with Gasteiger partial charge in [-0.3, -0.25) is 0 Å². The zero-order valence-electron chi connectivity index (χ0n) is 16.4. The molecule has 2 aromatic carbocycles. The van der Waals surface area contributed by atoms with Crippen LogP contribution in [0.1, 0.15) is 60.1 Å². The molecule has 0 bridgehead atoms. The molecule has 2 aromatic rings. The summed E-state index contributed by atoms with van der Waals surface area (Å²) in [5.41, 5.74) is 14.4. The van der Waals surface area contributed by atoms with Crippen molar-refractivity contribution in [2.24, 2.45) is 0 Å². The molecule has 2 aliphatic rings. The van der Waals surface area contributed by atoms with Crippen molar-refractivity contribution in [1.29, 1.82) is 0 Å². The highest BCUT2D eigenvalue weighted by Crippen LogP contribution is 2.43. The van der Waals surface area contributed by atoms with Crippen LogP contribution in [0.5, 0.6) is 11.5 Å². The van der Waals surface area contributed by atoms with Crippen LogP contribution < -0.4 is 10.6 Å². The van der Waals surface area contributed by atoms with E-state index in [-0.39, 0.29) is 0 Å². The van der Waals surface area contributed by atoms with Crippen LogP contribution in [0.2, 0.25) is 0 Å². The van der Waals surface area contributed by atoms with Gasteiger partial charge >= 0.3 is 0 Å². The van der Waals surface area contributed by atoms with Gasteiger partial charge in [-0.2, -0.15) is 0 Å². The predicted octanol–water partition coefficient (Wildman–Crippen LogP) is 4.09. The monoisotopic (exact) mass is 366 g/mol. The van der Waals surface area contributed by atoms with E-state index in [2.05, 4.69) is 17.9 Å². The molecule has 2 aliphatic heterocycles. The fourth-order valence-corrected chi connectivity index (χ4v) is 4.91. The molecule has 0 spiro atoms. The molecule has 0 aliphatic carbocycles. The van der Waals surface area contributed by atoms with E-state index in [1.54, 1.807) is 0 Å². The van der Waals surface area contributed by atoms with Crippen LogP contribution in [-0.4, -0.2) is 23.3 Å². The summed E-state index contributed by atoms with van der Waals surface area (Å²) in [7, 11) is 0. The normalized spacial score (nSPS) is 15.7. The third kappa shape index (κ3) is 2.91. The molecule has 0 fully saturated rings. The number of nitrogens with two attached hydrogens (primary N) is 1. The highest BCUT2D eigenvalue weighted by Gasteiger charge is 2.28. The van der Waals surface area contributed by atoms with Gasteiger partial charge in [0.2, 0.25) is 0 Å². The topological polar surface area (TPSA) is 69.7 Å². The molecule has 144 valence electrons. The predicted molar refractivity (Wildman–Crippen MR) is 111 cm³/mol. The highest BCUT2D eigenvalue weighted by atomic mass is 16.3. The largest absolute Gasteiger partial charge is 0.507 e. The maximum atomic E-state index is 11.0. The van der Waals surface area contributed by atoms with Crippen LogP contribution in [0.15, 0.2) is 12.1 Å². The summed E-state index contributed by atoms with van der Waals surface area (Å²) >= 11 is 0. The Hall–Kier alpha value is -2.36. The first-order valence-electron chi connectivity index (χ1n) is 10.3. The zero-order valence-corrected chi connectivity index (χ0v) is 16.4. The number of phenols is 2.